The molecule has 10 heteroatoms. The van der Waals surface area contributed by atoms with Gasteiger partial charge in [-0.05, 0) is 79.2 Å². The lowest BCUT2D eigenvalue weighted by Gasteiger charge is -2.12. The van der Waals surface area contributed by atoms with Gasteiger partial charge < -0.3 is 33.9 Å². The number of aryl methyl sites for hydroxylation is 1. The van der Waals surface area contributed by atoms with E-state index in [1.54, 1.807) is 25.1 Å². The van der Waals surface area contributed by atoms with Gasteiger partial charge in [0.05, 0.1) is 5.56 Å². The van der Waals surface area contributed by atoms with Gasteiger partial charge in [0.25, 0.3) is 0 Å². The number of benzene rings is 3. The van der Waals surface area contributed by atoms with Gasteiger partial charge in [0.15, 0.2) is 0 Å². The monoisotopic (exact) mass is 454 g/mol. The zero-order chi connectivity index (χ0) is 23.8. The van der Waals surface area contributed by atoms with Crippen molar-refractivity contribution in [3.8, 4) is 28.7 Å². The Morgan fingerprint density at radius 3 is 1.73 bits per heavy atom. The van der Waals surface area contributed by atoms with Crippen molar-refractivity contribution in [3.05, 3.63) is 77.9 Å². The van der Waals surface area contributed by atoms with E-state index in [-0.39, 0.29) is 23.9 Å². The molecule has 0 aliphatic carbocycles. The third-order valence-electron chi connectivity index (χ3n) is 4.12. The van der Waals surface area contributed by atoms with E-state index in [1.165, 1.54) is 48.5 Å². The van der Waals surface area contributed by atoms with E-state index >= 15 is 0 Å². The summed E-state index contributed by atoms with van der Waals surface area (Å²) in [6.07, 6.45) is -2.85. The van der Waals surface area contributed by atoms with E-state index in [4.69, 9.17) is 24.4 Å². The maximum Gasteiger partial charge on any atom is 0.511 e. The molecule has 3 rings (SSSR count). The van der Waals surface area contributed by atoms with Crippen LogP contribution >= 0.6 is 0 Å². The van der Waals surface area contributed by atoms with E-state index in [2.05, 4.69) is 9.47 Å². The fourth-order valence-corrected chi connectivity index (χ4v) is 2.64. The minimum atomic E-state index is -1.45. The second-order valence-electron chi connectivity index (χ2n) is 6.46. The minimum absolute atomic E-state index is 0.0863. The minimum Gasteiger partial charge on any atom is -0.457 e. The molecule has 0 radical (unpaired) electrons. The van der Waals surface area contributed by atoms with Crippen LogP contribution in [-0.2, 0) is 0 Å². The van der Waals surface area contributed by atoms with Crippen LogP contribution in [0.2, 0.25) is 0 Å². The van der Waals surface area contributed by atoms with Crippen LogP contribution in [0.15, 0.2) is 66.7 Å². The van der Waals surface area contributed by atoms with Gasteiger partial charge in [-0.15, -0.1) is 0 Å². The standard InChI is InChI=1S/C23H18O10/c1-14-12-19(31-21(24)15-2-4-17(5-3-15)32-22(25)26)10-11-20(14)30-13-29-16-6-8-18(9-7-16)33-23(27)28/h2-12H,13H2,1H3,(H,25,26)(H,27,28). The highest BCUT2D eigenvalue weighted by molar-refractivity contribution is 5.91. The van der Waals surface area contributed by atoms with Crippen molar-refractivity contribution in [2.24, 2.45) is 0 Å². The first-order chi connectivity index (χ1) is 15.8. The van der Waals surface area contributed by atoms with Crippen molar-refractivity contribution in [1.82, 2.24) is 0 Å². The van der Waals surface area contributed by atoms with Crippen LogP contribution in [0.3, 0.4) is 0 Å². The molecule has 0 saturated carbocycles. The van der Waals surface area contributed by atoms with Crippen LogP contribution in [0.25, 0.3) is 0 Å². The predicted molar refractivity (Wildman–Crippen MR) is 112 cm³/mol. The zero-order valence-electron chi connectivity index (χ0n) is 17.2. The number of carboxylic acid groups (broad SMARTS) is 2. The van der Waals surface area contributed by atoms with Gasteiger partial charge in [0.1, 0.15) is 28.7 Å². The van der Waals surface area contributed by atoms with Crippen LogP contribution in [-0.4, -0.2) is 35.3 Å². The van der Waals surface area contributed by atoms with Crippen molar-refractivity contribution in [2.45, 2.75) is 6.92 Å². The molecule has 0 heterocycles. The Labute approximate surface area is 187 Å². The summed E-state index contributed by atoms with van der Waals surface area (Å²) in [4.78, 5) is 33.3. The summed E-state index contributed by atoms with van der Waals surface area (Å²) in [6.45, 7) is 1.66. The van der Waals surface area contributed by atoms with Crippen molar-refractivity contribution in [3.63, 3.8) is 0 Å². The van der Waals surface area contributed by atoms with Crippen LogP contribution in [0.4, 0.5) is 9.59 Å². The molecule has 0 aliphatic heterocycles. The Kier molecular flexibility index (Phi) is 7.32. The Morgan fingerprint density at radius 1 is 0.667 bits per heavy atom. The van der Waals surface area contributed by atoms with Gasteiger partial charge in [-0.1, -0.05) is 0 Å². The van der Waals surface area contributed by atoms with E-state index in [9.17, 15) is 14.4 Å². The van der Waals surface area contributed by atoms with Gasteiger partial charge in [0, 0.05) is 0 Å². The molecule has 0 saturated heterocycles. The fraction of sp³-hybridized carbons (Fsp3) is 0.0870. The van der Waals surface area contributed by atoms with Crippen molar-refractivity contribution >= 4 is 18.3 Å². The molecule has 3 aromatic carbocycles. The van der Waals surface area contributed by atoms with Gasteiger partial charge >= 0.3 is 18.3 Å². The topological polar surface area (TPSA) is 138 Å². The van der Waals surface area contributed by atoms with E-state index in [1.807, 2.05) is 0 Å². The molecule has 2 N–H and O–H groups in total. The first-order valence-electron chi connectivity index (χ1n) is 9.40. The molecule has 0 atom stereocenters. The Balaban J connectivity index is 1.52. The third-order valence-corrected chi connectivity index (χ3v) is 4.12. The van der Waals surface area contributed by atoms with Crippen molar-refractivity contribution in [1.29, 1.82) is 0 Å². The van der Waals surface area contributed by atoms with Gasteiger partial charge in [-0.25, -0.2) is 14.4 Å². The van der Waals surface area contributed by atoms with Gasteiger partial charge in [-0.2, -0.15) is 0 Å². The van der Waals surface area contributed by atoms with Crippen LogP contribution in [0.5, 0.6) is 28.7 Å². The van der Waals surface area contributed by atoms with E-state index < -0.39 is 18.3 Å². The highest BCUT2D eigenvalue weighted by atomic mass is 16.7. The number of carbonyl (C=O) groups is 3. The maximum atomic E-state index is 12.3. The lowest BCUT2D eigenvalue weighted by atomic mass is 10.2. The SMILES string of the molecule is Cc1cc(OC(=O)c2ccc(OC(=O)O)cc2)ccc1OCOc1ccc(OC(=O)O)cc1. The predicted octanol–water partition coefficient (Wildman–Crippen LogP) is 4.74. The molecule has 0 spiro atoms. The van der Waals surface area contributed by atoms with Crippen molar-refractivity contribution in [2.75, 3.05) is 6.79 Å². The summed E-state index contributed by atoms with van der Waals surface area (Å²) in [5.41, 5.74) is 0.915. The van der Waals surface area contributed by atoms with Crippen LogP contribution in [0, 0.1) is 6.92 Å². The quantitative estimate of drug-likeness (QED) is 0.212. The number of esters is 1. The molecule has 0 unspecified atom stereocenters. The zero-order valence-corrected chi connectivity index (χ0v) is 17.2. The molecule has 0 aromatic heterocycles. The largest absolute Gasteiger partial charge is 0.511 e. The third kappa shape index (κ3) is 6.89. The highest BCUT2D eigenvalue weighted by Crippen LogP contribution is 2.25. The van der Waals surface area contributed by atoms with E-state index in [0.717, 1.165) is 0 Å². The number of hydrogen-bond acceptors (Lipinski definition) is 8. The number of hydrogen-bond donors (Lipinski definition) is 2. The molecular formula is C23H18O10. The second kappa shape index (κ2) is 10.5. The molecular weight excluding hydrogens is 436 g/mol. The first-order valence-corrected chi connectivity index (χ1v) is 9.40. The smallest absolute Gasteiger partial charge is 0.457 e. The average Bonchev–Trinajstić information content (AvgIpc) is 2.76. The molecule has 0 bridgehead atoms. The summed E-state index contributed by atoms with van der Waals surface area (Å²) in [5.74, 6) is 0.894. The molecule has 0 fully saturated rings. The molecule has 3 aromatic rings. The summed E-state index contributed by atoms with van der Waals surface area (Å²) < 4.78 is 25.4. The molecule has 0 aliphatic rings. The highest BCUT2D eigenvalue weighted by Gasteiger charge is 2.11. The van der Waals surface area contributed by atoms with Crippen LogP contribution in [0.1, 0.15) is 15.9 Å². The lowest BCUT2D eigenvalue weighted by molar-refractivity contribution is 0.0733. The van der Waals surface area contributed by atoms with Gasteiger partial charge in [0.2, 0.25) is 6.79 Å². The molecule has 170 valence electrons. The summed E-state index contributed by atoms with van der Waals surface area (Å²) in [5, 5.41) is 17.2. The molecule has 0 amide bonds. The lowest BCUT2D eigenvalue weighted by Crippen LogP contribution is -2.10. The fourth-order valence-electron chi connectivity index (χ4n) is 2.64. The number of ether oxygens (including phenoxy) is 5. The Morgan fingerprint density at radius 2 is 1.18 bits per heavy atom. The molecule has 10 nitrogen and oxygen atoms in total. The average molecular weight is 454 g/mol. The Hall–Kier alpha value is -4.73. The molecule has 33 heavy (non-hydrogen) atoms. The van der Waals surface area contributed by atoms with E-state index in [0.29, 0.717) is 22.8 Å². The summed E-state index contributed by atoms with van der Waals surface area (Å²) >= 11 is 0. The van der Waals surface area contributed by atoms with Gasteiger partial charge in [-0.3, -0.25) is 0 Å². The number of carbonyl (C=O) groups excluding carboxylic acids is 1. The normalized spacial score (nSPS) is 10.1. The number of rotatable bonds is 8. The van der Waals surface area contributed by atoms with Crippen molar-refractivity contribution < 1.29 is 48.3 Å². The first kappa shape index (κ1) is 22.9. The second-order valence-corrected chi connectivity index (χ2v) is 6.46. The summed E-state index contributed by atoms with van der Waals surface area (Å²) in [6, 6.07) is 16.2. The van der Waals surface area contributed by atoms with Crippen LogP contribution < -0.4 is 23.7 Å². The Bertz CT molecular complexity index is 1140. The maximum absolute atomic E-state index is 12.3. The summed E-state index contributed by atoms with van der Waals surface area (Å²) in [7, 11) is 0.